The normalized spacial score (nSPS) is 23.8. The predicted molar refractivity (Wildman–Crippen MR) is 75.8 cm³/mol. The fourth-order valence-electron chi connectivity index (χ4n) is 3.25. The summed E-state index contributed by atoms with van der Waals surface area (Å²) in [6.07, 6.45) is 5.49. The van der Waals surface area contributed by atoms with Gasteiger partial charge < -0.3 is 10.1 Å². The highest BCUT2D eigenvalue weighted by Crippen LogP contribution is 2.36. The van der Waals surface area contributed by atoms with Gasteiger partial charge in [-0.2, -0.15) is 0 Å². The molecule has 0 amide bonds. The van der Waals surface area contributed by atoms with Crippen molar-refractivity contribution in [3.05, 3.63) is 0 Å². The molecule has 1 saturated carbocycles. The highest BCUT2D eigenvalue weighted by atomic mass is 16.5. The van der Waals surface area contributed by atoms with Gasteiger partial charge in [-0.25, -0.2) is 0 Å². The molecule has 1 heterocycles. The number of methoxy groups -OCH3 is 1. The number of piperidine rings is 1. The van der Waals surface area contributed by atoms with Gasteiger partial charge in [-0.3, -0.25) is 4.90 Å². The van der Waals surface area contributed by atoms with Crippen LogP contribution in [0.3, 0.4) is 0 Å². The number of hydrogen-bond acceptors (Lipinski definition) is 3. The van der Waals surface area contributed by atoms with Gasteiger partial charge in [-0.15, -0.1) is 0 Å². The molecule has 3 nitrogen and oxygen atoms in total. The fraction of sp³-hybridized carbons (Fsp3) is 1.00. The maximum Gasteiger partial charge on any atom is 0.0620 e. The Balaban J connectivity index is 1.92. The van der Waals surface area contributed by atoms with Crippen molar-refractivity contribution in [1.82, 2.24) is 10.2 Å². The molecule has 0 aromatic rings. The topological polar surface area (TPSA) is 24.5 Å². The van der Waals surface area contributed by atoms with Crippen LogP contribution in [-0.2, 0) is 4.74 Å². The van der Waals surface area contributed by atoms with Crippen molar-refractivity contribution in [2.24, 2.45) is 11.8 Å². The summed E-state index contributed by atoms with van der Waals surface area (Å²) in [5.74, 6) is 1.78. The lowest BCUT2D eigenvalue weighted by atomic mass is 9.95. The maximum atomic E-state index is 5.47. The minimum atomic E-state index is 0.639. The van der Waals surface area contributed by atoms with E-state index >= 15 is 0 Å². The summed E-state index contributed by atoms with van der Waals surface area (Å²) in [7, 11) is 1.85. The van der Waals surface area contributed by atoms with Gasteiger partial charge in [-0.1, -0.05) is 0 Å². The number of rotatable bonds is 7. The van der Waals surface area contributed by atoms with E-state index in [2.05, 4.69) is 24.1 Å². The Morgan fingerprint density at radius 3 is 2.33 bits per heavy atom. The lowest BCUT2D eigenvalue weighted by molar-refractivity contribution is 0.0428. The van der Waals surface area contributed by atoms with Crippen LogP contribution in [0.4, 0.5) is 0 Å². The first-order valence-electron chi connectivity index (χ1n) is 7.67. The van der Waals surface area contributed by atoms with Crippen molar-refractivity contribution in [2.45, 2.75) is 51.6 Å². The lowest BCUT2D eigenvalue weighted by Gasteiger charge is -2.38. The number of ether oxygens (including phenoxy) is 1. The van der Waals surface area contributed by atoms with Crippen LogP contribution in [0, 0.1) is 11.8 Å². The average molecular weight is 254 g/mol. The van der Waals surface area contributed by atoms with Crippen molar-refractivity contribution >= 4 is 0 Å². The summed E-state index contributed by atoms with van der Waals surface area (Å²) in [4.78, 5) is 2.72. The largest absolute Gasteiger partial charge is 0.383 e. The Morgan fingerprint density at radius 1 is 1.17 bits per heavy atom. The van der Waals surface area contributed by atoms with Crippen LogP contribution in [0.1, 0.15) is 39.5 Å². The van der Waals surface area contributed by atoms with Crippen LogP contribution in [0.5, 0.6) is 0 Å². The van der Waals surface area contributed by atoms with E-state index in [9.17, 15) is 0 Å². The van der Waals surface area contributed by atoms with E-state index in [-0.39, 0.29) is 0 Å². The third-order valence-electron chi connectivity index (χ3n) is 4.52. The molecule has 106 valence electrons. The summed E-state index contributed by atoms with van der Waals surface area (Å²) < 4.78 is 5.47. The second-order valence-corrected chi connectivity index (χ2v) is 6.34. The third-order valence-corrected chi connectivity index (χ3v) is 4.52. The third kappa shape index (κ3) is 3.94. The first-order valence-corrected chi connectivity index (χ1v) is 7.67. The summed E-state index contributed by atoms with van der Waals surface area (Å²) in [5.41, 5.74) is 0. The van der Waals surface area contributed by atoms with E-state index in [0.717, 1.165) is 18.4 Å². The molecule has 1 atom stereocenters. The van der Waals surface area contributed by atoms with Crippen molar-refractivity contribution < 1.29 is 4.74 Å². The van der Waals surface area contributed by atoms with E-state index < -0.39 is 0 Å². The standard InChI is InChI=1S/C15H30N2O/c1-12(2)17(10-13-6-8-16-9-7-13)15(11-18-3)14-4-5-14/h12-16H,4-11H2,1-3H3. The van der Waals surface area contributed by atoms with Crippen molar-refractivity contribution in [3.63, 3.8) is 0 Å². The Bertz CT molecular complexity index is 235. The van der Waals surface area contributed by atoms with Crippen LogP contribution >= 0.6 is 0 Å². The highest BCUT2D eigenvalue weighted by molar-refractivity contribution is 4.90. The van der Waals surface area contributed by atoms with E-state index in [1.807, 2.05) is 7.11 Å². The van der Waals surface area contributed by atoms with Gasteiger partial charge in [0.1, 0.15) is 0 Å². The summed E-state index contributed by atoms with van der Waals surface area (Å²) in [6, 6.07) is 1.30. The molecule has 0 aromatic heterocycles. The lowest BCUT2D eigenvalue weighted by Crippen LogP contribution is -2.48. The Hall–Kier alpha value is -0.120. The zero-order valence-electron chi connectivity index (χ0n) is 12.3. The molecule has 18 heavy (non-hydrogen) atoms. The van der Waals surface area contributed by atoms with Gasteiger partial charge in [0.2, 0.25) is 0 Å². The van der Waals surface area contributed by atoms with Crippen LogP contribution in [0.25, 0.3) is 0 Å². The van der Waals surface area contributed by atoms with E-state index in [1.54, 1.807) is 0 Å². The molecule has 1 aliphatic carbocycles. The van der Waals surface area contributed by atoms with Crippen LogP contribution in [0.15, 0.2) is 0 Å². The second-order valence-electron chi connectivity index (χ2n) is 6.34. The first-order chi connectivity index (χ1) is 8.72. The van der Waals surface area contributed by atoms with E-state index in [4.69, 9.17) is 4.74 Å². The smallest absolute Gasteiger partial charge is 0.0620 e. The maximum absolute atomic E-state index is 5.47. The molecule has 1 aliphatic heterocycles. The molecule has 0 aromatic carbocycles. The molecule has 2 fully saturated rings. The van der Waals surface area contributed by atoms with Gasteiger partial charge in [0.15, 0.2) is 0 Å². The number of nitrogens with zero attached hydrogens (tertiary/aromatic N) is 1. The molecule has 1 unspecified atom stereocenters. The first kappa shape index (κ1) is 14.3. The van der Waals surface area contributed by atoms with Crippen LogP contribution < -0.4 is 5.32 Å². The number of hydrogen-bond donors (Lipinski definition) is 1. The summed E-state index contributed by atoms with van der Waals surface area (Å²) >= 11 is 0. The molecular formula is C15H30N2O. The monoisotopic (exact) mass is 254 g/mol. The van der Waals surface area contributed by atoms with Crippen molar-refractivity contribution in [2.75, 3.05) is 33.4 Å². The minimum Gasteiger partial charge on any atom is -0.383 e. The SMILES string of the molecule is COCC(C1CC1)N(CC1CCNCC1)C(C)C. The Kier molecular flexibility index (Phi) is 5.46. The highest BCUT2D eigenvalue weighted by Gasteiger charge is 2.37. The summed E-state index contributed by atoms with van der Waals surface area (Å²) in [5, 5.41) is 3.46. The molecule has 0 radical (unpaired) electrons. The van der Waals surface area contributed by atoms with Gasteiger partial charge in [-0.05, 0) is 64.5 Å². The van der Waals surface area contributed by atoms with Gasteiger partial charge >= 0.3 is 0 Å². The summed E-state index contributed by atoms with van der Waals surface area (Å²) in [6.45, 7) is 9.26. The van der Waals surface area contributed by atoms with Crippen LogP contribution in [0.2, 0.25) is 0 Å². The molecule has 2 aliphatic rings. The fourth-order valence-corrected chi connectivity index (χ4v) is 3.25. The van der Waals surface area contributed by atoms with E-state index in [1.165, 1.54) is 45.3 Å². The molecule has 1 saturated heterocycles. The zero-order chi connectivity index (χ0) is 13.0. The molecule has 0 bridgehead atoms. The number of nitrogens with one attached hydrogen (secondary N) is 1. The quantitative estimate of drug-likeness (QED) is 0.753. The Labute approximate surface area is 112 Å². The molecule has 2 rings (SSSR count). The predicted octanol–water partition coefficient (Wildman–Crippen LogP) is 2.12. The molecule has 0 spiro atoms. The molecule has 3 heteroatoms. The Morgan fingerprint density at radius 2 is 1.83 bits per heavy atom. The van der Waals surface area contributed by atoms with Gasteiger partial charge in [0.05, 0.1) is 6.61 Å². The molecule has 1 N–H and O–H groups in total. The van der Waals surface area contributed by atoms with Crippen molar-refractivity contribution in [1.29, 1.82) is 0 Å². The van der Waals surface area contributed by atoms with Crippen LogP contribution in [-0.4, -0.2) is 50.3 Å². The van der Waals surface area contributed by atoms with Gasteiger partial charge in [0, 0.05) is 25.7 Å². The van der Waals surface area contributed by atoms with Gasteiger partial charge in [0.25, 0.3) is 0 Å². The molecular weight excluding hydrogens is 224 g/mol. The van der Waals surface area contributed by atoms with Crippen molar-refractivity contribution in [3.8, 4) is 0 Å². The second kappa shape index (κ2) is 6.88. The van der Waals surface area contributed by atoms with E-state index in [0.29, 0.717) is 12.1 Å². The average Bonchev–Trinajstić information content (AvgIpc) is 3.19. The zero-order valence-corrected chi connectivity index (χ0v) is 12.3. The minimum absolute atomic E-state index is 0.639.